The molecule has 0 spiro atoms. The van der Waals surface area contributed by atoms with Crippen molar-refractivity contribution < 1.29 is 4.79 Å². The summed E-state index contributed by atoms with van der Waals surface area (Å²) in [6.45, 7) is 3.26. The standard InChI is InChI=1S/C21H20N4O/c1-15-24-18-9-2-3-10-19(18)25(15)13-12-22-20(26)14-17-7-4-6-16-8-5-11-23-21(16)17/h2-11H,12-14H2,1H3,(H,22,26). The minimum absolute atomic E-state index is 0.00484. The van der Waals surface area contributed by atoms with Crippen molar-refractivity contribution in [2.24, 2.45) is 0 Å². The minimum atomic E-state index is 0.00484. The molecule has 0 radical (unpaired) electrons. The van der Waals surface area contributed by atoms with Crippen LogP contribution in [0.3, 0.4) is 0 Å². The fourth-order valence-corrected chi connectivity index (χ4v) is 3.33. The second kappa shape index (κ2) is 6.96. The van der Waals surface area contributed by atoms with Crippen LogP contribution in [0, 0.1) is 6.92 Å². The number of pyridine rings is 1. The third-order valence-corrected chi connectivity index (χ3v) is 4.57. The van der Waals surface area contributed by atoms with Crippen molar-refractivity contribution in [3.05, 3.63) is 72.2 Å². The summed E-state index contributed by atoms with van der Waals surface area (Å²) in [5.41, 5.74) is 3.92. The second-order valence-electron chi connectivity index (χ2n) is 6.32. The SMILES string of the molecule is Cc1nc2ccccc2n1CCNC(=O)Cc1cccc2cccnc12. The molecule has 130 valence electrons. The highest BCUT2D eigenvalue weighted by Crippen LogP contribution is 2.17. The van der Waals surface area contributed by atoms with Crippen molar-refractivity contribution in [3.8, 4) is 0 Å². The van der Waals surface area contributed by atoms with Gasteiger partial charge in [0, 0.05) is 24.7 Å². The molecule has 2 aromatic heterocycles. The van der Waals surface area contributed by atoms with Crippen LogP contribution in [-0.4, -0.2) is 27.0 Å². The molecular formula is C21H20N4O. The van der Waals surface area contributed by atoms with Crippen LogP contribution in [0.5, 0.6) is 0 Å². The number of carbonyl (C=O) groups is 1. The Bertz CT molecular complexity index is 1080. The summed E-state index contributed by atoms with van der Waals surface area (Å²) in [7, 11) is 0. The predicted octanol–water partition coefficient (Wildman–Crippen LogP) is 3.25. The first kappa shape index (κ1) is 16.3. The number of rotatable bonds is 5. The third kappa shape index (κ3) is 3.16. The highest BCUT2D eigenvalue weighted by molar-refractivity contribution is 5.87. The van der Waals surface area contributed by atoms with Crippen molar-refractivity contribution in [3.63, 3.8) is 0 Å². The Morgan fingerprint density at radius 1 is 1.08 bits per heavy atom. The van der Waals surface area contributed by atoms with Gasteiger partial charge in [0.15, 0.2) is 0 Å². The number of para-hydroxylation sites is 3. The number of nitrogens with one attached hydrogen (secondary N) is 1. The Morgan fingerprint density at radius 3 is 2.85 bits per heavy atom. The molecule has 0 unspecified atom stereocenters. The molecule has 0 fully saturated rings. The number of imidazole rings is 1. The lowest BCUT2D eigenvalue weighted by molar-refractivity contribution is -0.120. The second-order valence-corrected chi connectivity index (χ2v) is 6.32. The zero-order valence-electron chi connectivity index (χ0n) is 14.6. The lowest BCUT2D eigenvalue weighted by atomic mass is 10.1. The van der Waals surface area contributed by atoms with Gasteiger partial charge in [0.05, 0.1) is 23.0 Å². The zero-order chi connectivity index (χ0) is 17.9. The number of hydrogen-bond donors (Lipinski definition) is 1. The Morgan fingerprint density at radius 2 is 1.92 bits per heavy atom. The number of hydrogen-bond acceptors (Lipinski definition) is 3. The van der Waals surface area contributed by atoms with E-state index < -0.39 is 0 Å². The molecule has 0 saturated carbocycles. The van der Waals surface area contributed by atoms with Crippen LogP contribution in [0.2, 0.25) is 0 Å². The topological polar surface area (TPSA) is 59.8 Å². The van der Waals surface area contributed by atoms with E-state index in [1.165, 1.54) is 0 Å². The molecule has 5 nitrogen and oxygen atoms in total. The normalized spacial score (nSPS) is 11.1. The van der Waals surface area contributed by atoms with E-state index >= 15 is 0 Å². The maximum Gasteiger partial charge on any atom is 0.224 e. The van der Waals surface area contributed by atoms with Crippen molar-refractivity contribution in [1.29, 1.82) is 0 Å². The number of carbonyl (C=O) groups excluding carboxylic acids is 1. The first-order valence-electron chi connectivity index (χ1n) is 8.73. The summed E-state index contributed by atoms with van der Waals surface area (Å²) in [4.78, 5) is 21.3. The molecule has 0 aliphatic rings. The molecular weight excluding hydrogens is 324 g/mol. The number of aromatic nitrogens is 3. The van der Waals surface area contributed by atoms with Gasteiger partial charge in [0.1, 0.15) is 5.82 Å². The van der Waals surface area contributed by atoms with E-state index in [-0.39, 0.29) is 5.91 Å². The summed E-state index contributed by atoms with van der Waals surface area (Å²) in [6, 6.07) is 17.9. The number of aryl methyl sites for hydroxylation is 1. The maximum absolute atomic E-state index is 12.4. The van der Waals surface area contributed by atoms with E-state index in [1.807, 2.05) is 55.5 Å². The van der Waals surface area contributed by atoms with Crippen molar-refractivity contribution in [2.45, 2.75) is 19.9 Å². The molecule has 4 rings (SSSR count). The molecule has 26 heavy (non-hydrogen) atoms. The molecule has 2 heterocycles. The highest BCUT2D eigenvalue weighted by atomic mass is 16.1. The van der Waals surface area contributed by atoms with Crippen LogP contribution in [0.25, 0.3) is 21.9 Å². The predicted molar refractivity (Wildman–Crippen MR) is 103 cm³/mol. The number of benzene rings is 2. The van der Waals surface area contributed by atoms with Crippen LogP contribution >= 0.6 is 0 Å². The summed E-state index contributed by atoms with van der Waals surface area (Å²) < 4.78 is 2.13. The largest absolute Gasteiger partial charge is 0.354 e. The molecule has 0 bridgehead atoms. The van der Waals surface area contributed by atoms with Gasteiger partial charge in [-0.1, -0.05) is 36.4 Å². The number of nitrogens with zero attached hydrogens (tertiary/aromatic N) is 3. The molecule has 0 atom stereocenters. The fraction of sp³-hybridized carbons (Fsp3) is 0.190. The van der Waals surface area contributed by atoms with E-state index in [0.717, 1.165) is 33.3 Å². The molecule has 1 amide bonds. The Hall–Kier alpha value is -3.21. The molecule has 1 N–H and O–H groups in total. The highest BCUT2D eigenvalue weighted by Gasteiger charge is 2.09. The summed E-state index contributed by atoms with van der Waals surface area (Å²) in [6.07, 6.45) is 2.09. The van der Waals surface area contributed by atoms with Gasteiger partial charge >= 0.3 is 0 Å². The maximum atomic E-state index is 12.4. The van der Waals surface area contributed by atoms with E-state index in [4.69, 9.17) is 0 Å². The van der Waals surface area contributed by atoms with Crippen LogP contribution in [0.15, 0.2) is 60.8 Å². The van der Waals surface area contributed by atoms with Crippen LogP contribution in [-0.2, 0) is 17.8 Å². The summed E-state index contributed by atoms with van der Waals surface area (Å²) in [5.74, 6) is 0.962. The van der Waals surface area contributed by atoms with Crippen LogP contribution in [0.4, 0.5) is 0 Å². The molecule has 0 aliphatic carbocycles. The molecule has 5 heteroatoms. The van der Waals surface area contributed by atoms with E-state index in [0.29, 0.717) is 19.5 Å². The Labute approximate surface area is 151 Å². The van der Waals surface area contributed by atoms with E-state index in [9.17, 15) is 4.79 Å². The van der Waals surface area contributed by atoms with Crippen molar-refractivity contribution in [1.82, 2.24) is 19.9 Å². The summed E-state index contributed by atoms with van der Waals surface area (Å²) in [5, 5.41) is 4.06. The quantitative estimate of drug-likeness (QED) is 0.604. The van der Waals surface area contributed by atoms with Crippen LogP contribution in [0.1, 0.15) is 11.4 Å². The van der Waals surface area contributed by atoms with Gasteiger partial charge in [0.25, 0.3) is 0 Å². The fourth-order valence-electron chi connectivity index (χ4n) is 3.33. The molecule has 0 aliphatic heterocycles. The van der Waals surface area contributed by atoms with E-state index in [1.54, 1.807) is 6.20 Å². The van der Waals surface area contributed by atoms with Gasteiger partial charge in [-0.05, 0) is 30.7 Å². The smallest absolute Gasteiger partial charge is 0.224 e. The van der Waals surface area contributed by atoms with Gasteiger partial charge in [-0.2, -0.15) is 0 Å². The monoisotopic (exact) mass is 344 g/mol. The van der Waals surface area contributed by atoms with Gasteiger partial charge in [-0.15, -0.1) is 0 Å². The average molecular weight is 344 g/mol. The van der Waals surface area contributed by atoms with Gasteiger partial charge < -0.3 is 9.88 Å². The van der Waals surface area contributed by atoms with Gasteiger partial charge in [-0.3, -0.25) is 9.78 Å². The molecule has 4 aromatic rings. The van der Waals surface area contributed by atoms with Gasteiger partial charge in [0.2, 0.25) is 5.91 Å². The molecule has 0 saturated heterocycles. The summed E-state index contributed by atoms with van der Waals surface area (Å²) >= 11 is 0. The minimum Gasteiger partial charge on any atom is -0.354 e. The number of amides is 1. The zero-order valence-corrected chi connectivity index (χ0v) is 14.6. The third-order valence-electron chi connectivity index (χ3n) is 4.57. The Kier molecular flexibility index (Phi) is 4.35. The lowest BCUT2D eigenvalue weighted by Crippen LogP contribution is -2.28. The Balaban J connectivity index is 1.42. The first-order chi connectivity index (χ1) is 12.7. The van der Waals surface area contributed by atoms with Crippen LogP contribution < -0.4 is 5.32 Å². The van der Waals surface area contributed by atoms with Crippen molar-refractivity contribution in [2.75, 3.05) is 6.54 Å². The lowest BCUT2D eigenvalue weighted by Gasteiger charge is -2.09. The van der Waals surface area contributed by atoms with Gasteiger partial charge in [-0.25, -0.2) is 4.98 Å². The first-order valence-corrected chi connectivity index (χ1v) is 8.73. The average Bonchev–Trinajstić information content (AvgIpc) is 2.98. The molecule has 2 aromatic carbocycles. The van der Waals surface area contributed by atoms with Crippen molar-refractivity contribution >= 4 is 27.8 Å². The number of fused-ring (bicyclic) bond motifs is 2. The van der Waals surface area contributed by atoms with E-state index in [2.05, 4.69) is 25.9 Å².